The fraction of sp³-hybridized carbons (Fsp3) is 0.455. The molecule has 1 atom stereocenters. The first-order chi connectivity index (χ1) is 14.4. The van der Waals surface area contributed by atoms with Crippen molar-refractivity contribution >= 4 is 17.4 Å². The smallest absolute Gasteiger partial charge is 0.263 e. The van der Waals surface area contributed by atoms with Gasteiger partial charge in [0.1, 0.15) is 11.4 Å². The zero-order chi connectivity index (χ0) is 21.4. The highest BCUT2D eigenvalue weighted by Gasteiger charge is 2.27. The molecule has 1 aliphatic rings. The minimum absolute atomic E-state index is 0.0282. The van der Waals surface area contributed by atoms with E-state index in [1.54, 1.807) is 16.8 Å². The number of carbonyl (C=O) groups is 1. The van der Waals surface area contributed by atoms with Crippen molar-refractivity contribution in [1.82, 2.24) is 24.5 Å². The molecular formula is C22H28N6O2. The van der Waals surface area contributed by atoms with Crippen LogP contribution in [0.3, 0.4) is 0 Å². The van der Waals surface area contributed by atoms with E-state index in [4.69, 9.17) is 0 Å². The van der Waals surface area contributed by atoms with Crippen LogP contribution in [-0.2, 0) is 6.54 Å². The van der Waals surface area contributed by atoms with Crippen LogP contribution in [0.15, 0.2) is 29.2 Å². The molecule has 8 nitrogen and oxygen atoms in total. The molecule has 8 heteroatoms. The van der Waals surface area contributed by atoms with Crippen molar-refractivity contribution < 1.29 is 4.79 Å². The number of aromatic nitrogens is 4. The van der Waals surface area contributed by atoms with Crippen LogP contribution in [-0.4, -0.2) is 44.2 Å². The van der Waals surface area contributed by atoms with E-state index >= 15 is 0 Å². The lowest BCUT2D eigenvalue weighted by molar-refractivity contribution is 0.0938. The van der Waals surface area contributed by atoms with E-state index in [-0.39, 0.29) is 23.1 Å². The van der Waals surface area contributed by atoms with Gasteiger partial charge in [0.25, 0.3) is 11.5 Å². The minimum atomic E-state index is -0.298. The van der Waals surface area contributed by atoms with E-state index in [2.05, 4.69) is 20.3 Å². The number of carbonyl (C=O) groups excluding carboxylic acids is 1. The normalized spacial score (nSPS) is 16.4. The number of rotatable bonds is 5. The van der Waals surface area contributed by atoms with Crippen LogP contribution in [0, 0.1) is 20.8 Å². The number of nitrogens with one attached hydrogen (secondary N) is 1. The number of aryl methyl sites for hydroxylation is 2. The molecule has 3 aromatic rings. The standard InChI is InChI=1S/C22H28N6O2/c1-5-9-27-16(4)14(2)11-18(22(27)30)21(29)24-17-8-10-26(13-17)20-7-6-19-23-12-15(3)28(19)25-20/h6-7,11-12,17H,5,8-10,13H2,1-4H3,(H,24,29)/t17-/m0/s1. The van der Waals surface area contributed by atoms with E-state index in [0.717, 1.165) is 47.8 Å². The molecular weight excluding hydrogens is 380 g/mol. The highest BCUT2D eigenvalue weighted by Crippen LogP contribution is 2.19. The molecule has 1 aliphatic heterocycles. The SMILES string of the molecule is CCCn1c(C)c(C)cc(C(=O)N[C@H]2CCN(c3ccc4ncc(C)n4n3)C2)c1=O. The average molecular weight is 409 g/mol. The summed E-state index contributed by atoms with van der Waals surface area (Å²) in [5, 5.41) is 7.72. The Hall–Kier alpha value is -3.16. The lowest BCUT2D eigenvalue weighted by Gasteiger charge is -2.18. The third-order valence-electron chi connectivity index (χ3n) is 5.87. The number of hydrogen-bond donors (Lipinski definition) is 1. The van der Waals surface area contributed by atoms with Gasteiger partial charge in [0.2, 0.25) is 0 Å². The molecule has 0 unspecified atom stereocenters. The number of hydrogen-bond acceptors (Lipinski definition) is 5. The molecule has 1 fully saturated rings. The van der Waals surface area contributed by atoms with E-state index in [0.29, 0.717) is 13.1 Å². The summed E-state index contributed by atoms with van der Waals surface area (Å²) in [4.78, 5) is 32.2. The van der Waals surface area contributed by atoms with E-state index in [9.17, 15) is 9.59 Å². The van der Waals surface area contributed by atoms with Gasteiger partial charge in [0.15, 0.2) is 5.65 Å². The number of imidazole rings is 1. The third kappa shape index (κ3) is 3.58. The summed E-state index contributed by atoms with van der Waals surface area (Å²) in [6.07, 6.45) is 3.45. The van der Waals surface area contributed by atoms with Gasteiger partial charge in [-0.15, -0.1) is 5.10 Å². The Bertz CT molecular complexity index is 1160. The van der Waals surface area contributed by atoms with Crippen LogP contribution >= 0.6 is 0 Å². The molecule has 30 heavy (non-hydrogen) atoms. The molecule has 0 aliphatic carbocycles. The minimum Gasteiger partial charge on any atom is -0.353 e. The molecule has 0 saturated carbocycles. The lowest BCUT2D eigenvalue weighted by atomic mass is 10.1. The summed E-state index contributed by atoms with van der Waals surface area (Å²) in [6, 6.07) is 5.59. The quantitative estimate of drug-likeness (QED) is 0.700. The van der Waals surface area contributed by atoms with Crippen molar-refractivity contribution in [3.8, 4) is 0 Å². The van der Waals surface area contributed by atoms with Crippen molar-refractivity contribution in [2.75, 3.05) is 18.0 Å². The van der Waals surface area contributed by atoms with Gasteiger partial charge in [-0.25, -0.2) is 9.50 Å². The number of nitrogens with zero attached hydrogens (tertiary/aromatic N) is 5. The van der Waals surface area contributed by atoms with Crippen molar-refractivity contribution in [1.29, 1.82) is 0 Å². The zero-order valence-electron chi connectivity index (χ0n) is 18.0. The van der Waals surface area contributed by atoms with Crippen molar-refractivity contribution in [3.05, 3.63) is 57.3 Å². The van der Waals surface area contributed by atoms with Crippen LogP contribution in [0.4, 0.5) is 5.82 Å². The van der Waals surface area contributed by atoms with Gasteiger partial charge in [-0.1, -0.05) is 6.92 Å². The van der Waals surface area contributed by atoms with E-state index < -0.39 is 0 Å². The first kappa shape index (κ1) is 20.1. The molecule has 1 amide bonds. The van der Waals surface area contributed by atoms with Crippen LogP contribution in [0.1, 0.15) is 47.1 Å². The molecule has 0 bridgehead atoms. The average Bonchev–Trinajstić information content (AvgIpc) is 3.34. The Kier molecular flexibility index (Phi) is 5.32. The maximum Gasteiger partial charge on any atom is 0.263 e. The Labute approximate surface area is 175 Å². The van der Waals surface area contributed by atoms with Crippen molar-refractivity contribution in [2.45, 2.75) is 53.1 Å². The maximum absolute atomic E-state index is 12.9. The summed E-state index contributed by atoms with van der Waals surface area (Å²) in [5.41, 5.74) is 3.68. The predicted molar refractivity (Wildman–Crippen MR) is 116 cm³/mol. The summed E-state index contributed by atoms with van der Waals surface area (Å²) in [7, 11) is 0. The van der Waals surface area contributed by atoms with E-state index in [1.807, 2.05) is 44.3 Å². The molecule has 1 N–H and O–H groups in total. The van der Waals surface area contributed by atoms with Gasteiger partial charge < -0.3 is 14.8 Å². The third-order valence-corrected chi connectivity index (χ3v) is 5.87. The second-order valence-corrected chi connectivity index (χ2v) is 8.05. The molecule has 1 saturated heterocycles. The van der Waals surface area contributed by atoms with Gasteiger partial charge in [-0.2, -0.15) is 0 Å². The second kappa shape index (κ2) is 7.93. The molecule has 0 radical (unpaired) electrons. The van der Waals surface area contributed by atoms with Crippen LogP contribution in [0.25, 0.3) is 5.65 Å². The molecule has 158 valence electrons. The molecule has 3 aromatic heterocycles. The highest BCUT2D eigenvalue weighted by molar-refractivity contribution is 5.94. The van der Waals surface area contributed by atoms with Gasteiger partial charge in [-0.05, 0) is 57.4 Å². The fourth-order valence-electron chi connectivity index (χ4n) is 4.04. The second-order valence-electron chi connectivity index (χ2n) is 8.05. The Morgan fingerprint density at radius 2 is 2.07 bits per heavy atom. The summed E-state index contributed by atoms with van der Waals surface area (Å²) in [6.45, 7) is 9.93. The number of amides is 1. The number of anilines is 1. The van der Waals surface area contributed by atoms with Crippen molar-refractivity contribution in [2.24, 2.45) is 0 Å². The highest BCUT2D eigenvalue weighted by atomic mass is 16.2. The van der Waals surface area contributed by atoms with Gasteiger partial charge >= 0.3 is 0 Å². The summed E-state index contributed by atoms with van der Waals surface area (Å²) >= 11 is 0. The van der Waals surface area contributed by atoms with Crippen LogP contribution in [0.5, 0.6) is 0 Å². The van der Waals surface area contributed by atoms with E-state index in [1.165, 1.54) is 0 Å². The molecule has 0 spiro atoms. The van der Waals surface area contributed by atoms with Crippen molar-refractivity contribution in [3.63, 3.8) is 0 Å². The fourth-order valence-corrected chi connectivity index (χ4v) is 4.04. The predicted octanol–water partition coefficient (Wildman–Crippen LogP) is 2.23. The first-order valence-electron chi connectivity index (χ1n) is 10.5. The topological polar surface area (TPSA) is 84.5 Å². The van der Waals surface area contributed by atoms with Crippen LogP contribution in [0.2, 0.25) is 0 Å². The zero-order valence-corrected chi connectivity index (χ0v) is 18.0. The van der Waals surface area contributed by atoms with Crippen LogP contribution < -0.4 is 15.8 Å². The Balaban J connectivity index is 1.50. The number of pyridine rings is 1. The molecule has 4 rings (SSSR count). The van der Waals surface area contributed by atoms with Gasteiger partial charge in [0.05, 0.1) is 11.9 Å². The van der Waals surface area contributed by atoms with Gasteiger partial charge in [-0.3, -0.25) is 9.59 Å². The lowest BCUT2D eigenvalue weighted by Crippen LogP contribution is -2.41. The summed E-state index contributed by atoms with van der Waals surface area (Å²) < 4.78 is 3.53. The first-order valence-corrected chi connectivity index (χ1v) is 10.5. The summed E-state index contributed by atoms with van der Waals surface area (Å²) in [5.74, 6) is 0.561. The Morgan fingerprint density at radius 3 is 2.83 bits per heavy atom. The largest absolute Gasteiger partial charge is 0.353 e. The monoisotopic (exact) mass is 408 g/mol. The molecule has 4 heterocycles. The molecule has 0 aromatic carbocycles. The Morgan fingerprint density at radius 1 is 1.27 bits per heavy atom. The van der Waals surface area contributed by atoms with Gasteiger partial charge in [0, 0.05) is 31.4 Å². The maximum atomic E-state index is 12.9. The number of fused-ring (bicyclic) bond motifs is 1.